The summed E-state index contributed by atoms with van der Waals surface area (Å²) in [4.78, 5) is 8.60. The minimum atomic E-state index is 0.734. The van der Waals surface area contributed by atoms with Crippen LogP contribution >= 0.6 is 11.3 Å². The molecule has 1 aliphatic rings. The Morgan fingerprint density at radius 1 is 1.42 bits per heavy atom. The van der Waals surface area contributed by atoms with E-state index in [0.29, 0.717) is 0 Å². The lowest BCUT2D eigenvalue weighted by atomic mass is 10.1. The summed E-state index contributed by atoms with van der Waals surface area (Å²) in [6.07, 6.45) is 3.93. The van der Waals surface area contributed by atoms with Gasteiger partial charge in [-0.2, -0.15) is 0 Å². The summed E-state index contributed by atoms with van der Waals surface area (Å²) in [5, 5.41) is 4.79. The molecule has 1 aliphatic carbocycles. The molecule has 1 aromatic heterocycles. The molecular formula is C15H27N3S. The third kappa shape index (κ3) is 4.18. The predicted octanol–water partition coefficient (Wildman–Crippen LogP) is 3.58. The van der Waals surface area contributed by atoms with E-state index >= 15 is 0 Å². The van der Waals surface area contributed by atoms with E-state index in [1.807, 2.05) is 11.3 Å². The van der Waals surface area contributed by atoms with Crippen molar-refractivity contribution in [3.05, 3.63) is 10.6 Å². The number of rotatable bonds is 8. The van der Waals surface area contributed by atoms with Crippen LogP contribution in [0.3, 0.4) is 0 Å². The van der Waals surface area contributed by atoms with Crippen molar-refractivity contribution in [3.63, 3.8) is 0 Å². The third-order valence-electron chi connectivity index (χ3n) is 3.89. The highest BCUT2D eigenvalue weighted by Crippen LogP contribution is 2.28. The summed E-state index contributed by atoms with van der Waals surface area (Å²) in [7, 11) is 0. The van der Waals surface area contributed by atoms with E-state index in [2.05, 4.69) is 37.9 Å². The quantitative estimate of drug-likeness (QED) is 0.789. The average Bonchev–Trinajstić information content (AvgIpc) is 3.16. The summed E-state index contributed by atoms with van der Waals surface area (Å²) in [6.45, 7) is 12.1. The van der Waals surface area contributed by atoms with E-state index in [0.717, 1.165) is 31.6 Å². The Balaban J connectivity index is 1.98. The first kappa shape index (κ1) is 14.8. The number of aromatic nitrogens is 1. The normalized spacial score (nSPS) is 16.6. The van der Waals surface area contributed by atoms with Crippen LogP contribution in [0, 0.1) is 12.8 Å². The van der Waals surface area contributed by atoms with E-state index in [1.165, 1.54) is 35.0 Å². The van der Waals surface area contributed by atoms with Crippen LogP contribution in [0.15, 0.2) is 0 Å². The van der Waals surface area contributed by atoms with Crippen LogP contribution < -0.4 is 10.2 Å². The Hall–Kier alpha value is -0.610. The molecule has 3 nitrogen and oxygen atoms in total. The lowest BCUT2D eigenvalue weighted by Gasteiger charge is -2.23. The fourth-order valence-corrected chi connectivity index (χ4v) is 3.17. The molecule has 1 N–H and O–H groups in total. The molecule has 0 aromatic carbocycles. The SMILES string of the molecule is CCC(C)CN(CC)c1nc(C)c(CNC2CC2)s1. The predicted molar refractivity (Wildman–Crippen MR) is 84.1 cm³/mol. The lowest BCUT2D eigenvalue weighted by Crippen LogP contribution is -2.27. The van der Waals surface area contributed by atoms with Gasteiger partial charge < -0.3 is 10.2 Å². The van der Waals surface area contributed by atoms with Gasteiger partial charge in [-0.25, -0.2) is 4.98 Å². The number of anilines is 1. The second-order valence-corrected chi connectivity index (χ2v) is 6.77. The lowest BCUT2D eigenvalue weighted by molar-refractivity contribution is 0.547. The summed E-state index contributed by atoms with van der Waals surface area (Å²) in [5.41, 5.74) is 1.20. The molecule has 0 spiro atoms. The molecule has 108 valence electrons. The minimum Gasteiger partial charge on any atom is -0.348 e. The molecule has 0 radical (unpaired) electrons. The van der Waals surface area contributed by atoms with E-state index in [1.54, 1.807) is 0 Å². The highest BCUT2D eigenvalue weighted by molar-refractivity contribution is 7.15. The van der Waals surface area contributed by atoms with Crippen molar-refractivity contribution in [2.24, 2.45) is 5.92 Å². The van der Waals surface area contributed by atoms with Gasteiger partial charge in [0.15, 0.2) is 5.13 Å². The van der Waals surface area contributed by atoms with Gasteiger partial charge in [0, 0.05) is 30.6 Å². The Labute approximate surface area is 121 Å². The van der Waals surface area contributed by atoms with Crippen LogP contribution in [-0.4, -0.2) is 24.1 Å². The van der Waals surface area contributed by atoms with E-state index in [9.17, 15) is 0 Å². The van der Waals surface area contributed by atoms with Crippen LogP contribution in [0.2, 0.25) is 0 Å². The van der Waals surface area contributed by atoms with Gasteiger partial charge >= 0.3 is 0 Å². The number of hydrogen-bond acceptors (Lipinski definition) is 4. The molecule has 0 amide bonds. The standard InChI is InChI=1S/C15H27N3S/c1-5-11(3)10-18(6-2)15-17-12(4)14(19-15)9-16-13-7-8-13/h11,13,16H,5-10H2,1-4H3. The molecular weight excluding hydrogens is 254 g/mol. The Morgan fingerprint density at radius 3 is 2.74 bits per heavy atom. The molecule has 4 heteroatoms. The average molecular weight is 281 g/mol. The summed E-state index contributed by atoms with van der Waals surface area (Å²) >= 11 is 1.87. The van der Waals surface area contributed by atoms with Crippen LogP contribution in [0.1, 0.15) is 50.6 Å². The monoisotopic (exact) mass is 281 g/mol. The van der Waals surface area contributed by atoms with Crippen molar-refractivity contribution in [2.75, 3.05) is 18.0 Å². The number of nitrogens with zero attached hydrogens (tertiary/aromatic N) is 2. The molecule has 0 aliphatic heterocycles. The molecule has 1 unspecified atom stereocenters. The fourth-order valence-electron chi connectivity index (χ4n) is 2.08. The van der Waals surface area contributed by atoms with Crippen molar-refractivity contribution >= 4 is 16.5 Å². The smallest absolute Gasteiger partial charge is 0.185 e. The maximum absolute atomic E-state index is 4.77. The van der Waals surface area contributed by atoms with Gasteiger partial charge in [-0.15, -0.1) is 11.3 Å². The van der Waals surface area contributed by atoms with Gasteiger partial charge in [-0.05, 0) is 32.6 Å². The van der Waals surface area contributed by atoms with Gasteiger partial charge in [0.05, 0.1) is 5.69 Å². The molecule has 1 saturated carbocycles. The summed E-state index contributed by atoms with van der Waals surface area (Å²) < 4.78 is 0. The van der Waals surface area contributed by atoms with Gasteiger partial charge in [-0.1, -0.05) is 20.3 Å². The summed E-state index contributed by atoms with van der Waals surface area (Å²) in [5.74, 6) is 0.734. The Kier molecular flexibility index (Phi) is 5.22. The summed E-state index contributed by atoms with van der Waals surface area (Å²) in [6, 6.07) is 0.771. The van der Waals surface area contributed by atoms with Gasteiger partial charge in [0.1, 0.15) is 0 Å². The fraction of sp³-hybridized carbons (Fsp3) is 0.800. The maximum Gasteiger partial charge on any atom is 0.185 e. The van der Waals surface area contributed by atoms with Gasteiger partial charge in [0.2, 0.25) is 0 Å². The minimum absolute atomic E-state index is 0.734. The number of aryl methyl sites for hydroxylation is 1. The first-order valence-corrected chi connectivity index (χ1v) is 8.40. The molecule has 0 bridgehead atoms. The number of hydrogen-bond donors (Lipinski definition) is 1. The Morgan fingerprint density at radius 2 is 2.16 bits per heavy atom. The van der Waals surface area contributed by atoms with Crippen LogP contribution in [0.25, 0.3) is 0 Å². The largest absolute Gasteiger partial charge is 0.348 e. The van der Waals surface area contributed by atoms with Crippen molar-refractivity contribution in [3.8, 4) is 0 Å². The molecule has 19 heavy (non-hydrogen) atoms. The number of thiazole rings is 1. The second kappa shape index (κ2) is 6.71. The second-order valence-electron chi connectivity index (χ2n) is 5.71. The van der Waals surface area contributed by atoms with Crippen LogP contribution in [-0.2, 0) is 6.54 Å². The number of nitrogens with one attached hydrogen (secondary N) is 1. The third-order valence-corrected chi connectivity index (χ3v) is 5.11. The first-order chi connectivity index (χ1) is 9.13. The van der Waals surface area contributed by atoms with E-state index in [-0.39, 0.29) is 0 Å². The van der Waals surface area contributed by atoms with Crippen LogP contribution in [0.4, 0.5) is 5.13 Å². The van der Waals surface area contributed by atoms with Crippen molar-refractivity contribution in [2.45, 2.75) is 59.5 Å². The van der Waals surface area contributed by atoms with Crippen molar-refractivity contribution in [1.29, 1.82) is 0 Å². The molecule has 2 rings (SSSR count). The molecule has 1 aromatic rings. The van der Waals surface area contributed by atoms with Gasteiger partial charge in [0.25, 0.3) is 0 Å². The van der Waals surface area contributed by atoms with Gasteiger partial charge in [-0.3, -0.25) is 0 Å². The Bertz CT molecular complexity index is 398. The zero-order valence-electron chi connectivity index (χ0n) is 12.7. The van der Waals surface area contributed by atoms with Crippen molar-refractivity contribution < 1.29 is 0 Å². The highest BCUT2D eigenvalue weighted by Gasteiger charge is 2.21. The molecule has 1 atom stereocenters. The topological polar surface area (TPSA) is 28.2 Å². The highest BCUT2D eigenvalue weighted by atomic mass is 32.1. The first-order valence-electron chi connectivity index (χ1n) is 7.58. The van der Waals surface area contributed by atoms with Crippen LogP contribution in [0.5, 0.6) is 0 Å². The zero-order chi connectivity index (χ0) is 13.8. The van der Waals surface area contributed by atoms with E-state index < -0.39 is 0 Å². The molecule has 1 fully saturated rings. The molecule has 0 saturated heterocycles. The van der Waals surface area contributed by atoms with E-state index in [4.69, 9.17) is 4.98 Å². The molecule has 1 heterocycles. The maximum atomic E-state index is 4.77. The van der Waals surface area contributed by atoms with Crippen molar-refractivity contribution in [1.82, 2.24) is 10.3 Å². The zero-order valence-corrected chi connectivity index (χ0v) is 13.5.